The lowest BCUT2D eigenvalue weighted by atomic mass is 10.2. The second-order valence-electron chi connectivity index (χ2n) is 4.40. The van der Waals surface area contributed by atoms with Crippen LogP contribution in [-0.2, 0) is 9.53 Å². The van der Waals surface area contributed by atoms with Gasteiger partial charge in [-0.3, -0.25) is 9.78 Å². The van der Waals surface area contributed by atoms with E-state index in [9.17, 15) is 9.59 Å². The van der Waals surface area contributed by atoms with Gasteiger partial charge in [-0.2, -0.15) is 0 Å². The Balaban J connectivity index is 2.59. The Morgan fingerprint density at radius 2 is 1.94 bits per heavy atom. The van der Waals surface area contributed by atoms with Crippen molar-refractivity contribution in [2.75, 3.05) is 0 Å². The fourth-order valence-electron chi connectivity index (χ4n) is 1.27. The lowest BCUT2D eigenvalue weighted by Gasteiger charge is -2.15. The van der Waals surface area contributed by atoms with E-state index < -0.39 is 12.1 Å². The lowest BCUT2D eigenvalue weighted by Crippen LogP contribution is -2.39. The van der Waals surface area contributed by atoms with Gasteiger partial charge in [0.1, 0.15) is 0 Å². The number of hydrogen-bond donors (Lipinski definition) is 1. The molecule has 0 aliphatic rings. The van der Waals surface area contributed by atoms with E-state index >= 15 is 0 Å². The first kappa shape index (κ1) is 14.2. The minimum atomic E-state index is -0.818. The number of ether oxygens (including phenoxy) is 1. The molecule has 0 aromatic carbocycles. The zero-order chi connectivity index (χ0) is 13.7. The largest absolute Gasteiger partial charge is 0.449 e. The number of rotatable bonds is 4. The van der Waals surface area contributed by atoms with Gasteiger partial charge in [0.2, 0.25) is 0 Å². The molecule has 0 fully saturated rings. The number of pyridine rings is 1. The molecule has 1 atom stereocenters. The quantitative estimate of drug-likeness (QED) is 0.821. The summed E-state index contributed by atoms with van der Waals surface area (Å²) in [6, 6.07) is 3.35. The van der Waals surface area contributed by atoms with Crippen LogP contribution >= 0.6 is 0 Å². The summed E-state index contributed by atoms with van der Waals surface area (Å²) >= 11 is 0. The predicted octanol–water partition coefficient (Wildman–Crippen LogP) is 1.46. The Bertz CT molecular complexity index is 426. The van der Waals surface area contributed by atoms with Crippen LogP contribution in [0.25, 0.3) is 0 Å². The van der Waals surface area contributed by atoms with Gasteiger partial charge in [0.15, 0.2) is 6.10 Å². The smallest absolute Gasteiger partial charge is 0.340 e. The average Bonchev–Trinajstić information content (AvgIpc) is 2.28. The van der Waals surface area contributed by atoms with Gasteiger partial charge in [0.25, 0.3) is 5.91 Å². The van der Waals surface area contributed by atoms with E-state index in [2.05, 4.69) is 10.3 Å². The maximum atomic E-state index is 11.7. The van der Waals surface area contributed by atoms with Crippen molar-refractivity contribution in [1.82, 2.24) is 10.3 Å². The number of esters is 1. The highest BCUT2D eigenvalue weighted by Crippen LogP contribution is 2.04. The van der Waals surface area contributed by atoms with Crippen molar-refractivity contribution in [3.8, 4) is 0 Å². The Morgan fingerprint density at radius 1 is 1.28 bits per heavy atom. The first-order valence-electron chi connectivity index (χ1n) is 5.84. The van der Waals surface area contributed by atoms with Gasteiger partial charge in [-0.15, -0.1) is 0 Å². The normalized spacial score (nSPS) is 12.1. The highest BCUT2D eigenvalue weighted by atomic mass is 16.5. The molecule has 1 N–H and O–H groups in total. The van der Waals surface area contributed by atoms with Crippen LogP contribution in [0, 0.1) is 6.92 Å². The highest BCUT2D eigenvalue weighted by molar-refractivity contribution is 5.91. The molecule has 1 aromatic heterocycles. The Kier molecular flexibility index (Phi) is 4.83. The topological polar surface area (TPSA) is 68.3 Å². The zero-order valence-electron chi connectivity index (χ0n) is 11.1. The van der Waals surface area contributed by atoms with E-state index in [1.54, 1.807) is 12.1 Å². The average molecular weight is 250 g/mol. The van der Waals surface area contributed by atoms with E-state index in [0.29, 0.717) is 5.56 Å². The number of carbonyl (C=O) groups excluding carboxylic acids is 2. The zero-order valence-corrected chi connectivity index (χ0v) is 11.1. The van der Waals surface area contributed by atoms with Crippen molar-refractivity contribution in [2.24, 2.45) is 0 Å². The summed E-state index contributed by atoms with van der Waals surface area (Å²) in [5.41, 5.74) is 1.15. The van der Waals surface area contributed by atoms with Gasteiger partial charge in [0.05, 0.1) is 5.56 Å². The summed E-state index contributed by atoms with van der Waals surface area (Å²) in [4.78, 5) is 27.3. The minimum absolute atomic E-state index is 0.0136. The van der Waals surface area contributed by atoms with Gasteiger partial charge < -0.3 is 10.1 Å². The predicted molar refractivity (Wildman–Crippen MR) is 67.1 cm³/mol. The maximum absolute atomic E-state index is 11.7. The molecule has 98 valence electrons. The van der Waals surface area contributed by atoms with E-state index in [-0.39, 0.29) is 11.9 Å². The first-order chi connectivity index (χ1) is 8.40. The number of hydrogen-bond acceptors (Lipinski definition) is 4. The molecular weight excluding hydrogens is 232 g/mol. The molecule has 1 amide bonds. The Hall–Kier alpha value is -1.91. The van der Waals surface area contributed by atoms with E-state index in [0.717, 1.165) is 5.69 Å². The SMILES string of the molecule is Cc1ccc(C(=O)O[C@@H](C)C(=O)NC(C)C)cn1. The molecule has 1 aromatic rings. The summed E-state index contributed by atoms with van der Waals surface area (Å²) < 4.78 is 5.05. The highest BCUT2D eigenvalue weighted by Gasteiger charge is 2.19. The molecule has 5 heteroatoms. The number of aromatic nitrogens is 1. The number of nitrogens with one attached hydrogen (secondary N) is 1. The van der Waals surface area contributed by atoms with Crippen LogP contribution in [0.5, 0.6) is 0 Å². The van der Waals surface area contributed by atoms with Crippen LogP contribution in [-0.4, -0.2) is 29.0 Å². The van der Waals surface area contributed by atoms with Gasteiger partial charge in [-0.25, -0.2) is 4.79 Å². The molecule has 0 bridgehead atoms. The van der Waals surface area contributed by atoms with Crippen molar-refractivity contribution >= 4 is 11.9 Å². The molecule has 0 unspecified atom stereocenters. The lowest BCUT2D eigenvalue weighted by molar-refractivity contribution is -0.129. The molecule has 0 radical (unpaired) electrons. The molecule has 0 saturated heterocycles. The van der Waals surface area contributed by atoms with Crippen molar-refractivity contribution in [2.45, 2.75) is 39.8 Å². The summed E-state index contributed by atoms with van der Waals surface area (Å²) in [5.74, 6) is -0.854. The molecule has 0 aliphatic carbocycles. The second kappa shape index (κ2) is 6.14. The fourth-order valence-corrected chi connectivity index (χ4v) is 1.27. The van der Waals surface area contributed by atoms with Crippen molar-refractivity contribution in [3.63, 3.8) is 0 Å². The number of carbonyl (C=O) groups is 2. The Morgan fingerprint density at radius 3 is 2.44 bits per heavy atom. The van der Waals surface area contributed by atoms with Crippen molar-refractivity contribution < 1.29 is 14.3 Å². The number of amides is 1. The summed E-state index contributed by atoms with van der Waals surface area (Å²) in [6.45, 7) is 7.05. The van der Waals surface area contributed by atoms with E-state index in [1.807, 2.05) is 20.8 Å². The van der Waals surface area contributed by atoms with E-state index in [1.165, 1.54) is 13.1 Å². The summed E-state index contributed by atoms with van der Waals surface area (Å²) in [7, 11) is 0. The number of aryl methyl sites for hydroxylation is 1. The van der Waals surface area contributed by atoms with Crippen LogP contribution in [0.3, 0.4) is 0 Å². The van der Waals surface area contributed by atoms with Crippen LogP contribution in [0.1, 0.15) is 36.8 Å². The van der Waals surface area contributed by atoms with Crippen molar-refractivity contribution in [1.29, 1.82) is 0 Å². The van der Waals surface area contributed by atoms with Crippen LogP contribution in [0.2, 0.25) is 0 Å². The third-order valence-corrected chi connectivity index (χ3v) is 2.23. The van der Waals surface area contributed by atoms with E-state index in [4.69, 9.17) is 4.74 Å². The van der Waals surface area contributed by atoms with Crippen LogP contribution in [0.4, 0.5) is 0 Å². The van der Waals surface area contributed by atoms with Gasteiger partial charge in [0, 0.05) is 17.9 Å². The second-order valence-corrected chi connectivity index (χ2v) is 4.40. The number of nitrogens with zero attached hydrogens (tertiary/aromatic N) is 1. The maximum Gasteiger partial charge on any atom is 0.340 e. The van der Waals surface area contributed by atoms with Gasteiger partial charge in [-0.05, 0) is 39.8 Å². The molecule has 5 nitrogen and oxygen atoms in total. The summed E-state index contributed by atoms with van der Waals surface area (Å²) in [5, 5.41) is 2.68. The first-order valence-corrected chi connectivity index (χ1v) is 5.84. The monoisotopic (exact) mass is 250 g/mol. The molecular formula is C13H18N2O3. The van der Waals surface area contributed by atoms with Gasteiger partial charge >= 0.3 is 5.97 Å². The van der Waals surface area contributed by atoms with Gasteiger partial charge in [-0.1, -0.05) is 0 Å². The molecule has 0 saturated carbocycles. The van der Waals surface area contributed by atoms with Crippen molar-refractivity contribution in [3.05, 3.63) is 29.6 Å². The molecule has 0 spiro atoms. The third-order valence-electron chi connectivity index (χ3n) is 2.23. The minimum Gasteiger partial charge on any atom is -0.449 e. The third kappa shape index (κ3) is 4.16. The summed E-state index contributed by atoms with van der Waals surface area (Å²) in [6.07, 6.45) is 0.617. The standard InChI is InChI=1S/C13H18N2O3/c1-8(2)15-12(16)10(4)18-13(17)11-6-5-9(3)14-7-11/h5-8,10H,1-4H3,(H,15,16)/t10-/m0/s1. The Labute approximate surface area is 107 Å². The van der Waals surface area contributed by atoms with Crippen LogP contribution < -0.4 is 5.32 Å². The van der Waals surface area contributed by atoms with Crippen LogP contribution in [0.15, 0.2) is 18.3 Å². The fraction of sp³-hybridized carbons (Fsp3) is 0.462. The molecule has 1 rings (SSSR count). The molecule has 0 aliphatic heterocycles. The molecule has 1 heterocycles. The molecule has 18 heavy (non-hydrogen) atoms.